The second-order valence-electron chi connectivity index (χ2n) is 3.72. The SMILES string of the molecule is COc1cc(CN2CC(=O)NC2=O)ccc1O. The second kappa shape index (κ2) is 4.32. The van der Waals surface area contributed by atoms with E-state index in [1.807, 2.05) is 0 Å². The first-order chi connectivity index (χ1) is 8.10. The van der Waals surface area contributed by atoms with Crippen molar-refractivity contribution in [3.63, 3.8) is 0 Å². The van der Waals surface area contributed by atoms with Crippen molar-refractivity contribution < 1.29 is 19.4 Å². The Hall–Kier alpha value is -2.24. The molecule has 1 saturated heterocycles. The molecule has 90 valence electrons. The number of nitrogens with one attached hydrogen (secondary N) is 1. The fourth-order valence-corrected chi connectivity index (χ4v) is 1.65. The summed E-state index contributed by atoms with van der Waals surface area (Å²) in [5.74, 6) is 0.0763. The number of hydrogen-bond acceptors (Lipinski definition) is 4. The molecule has 0 atom stereocenters. The maximum atomic E-state index is 11.3. The van der Waals surface area contributed by atoms with Crippen molar-refractivity contribution in [2.24, 2.45) is 0 Å². The van der Waals surface area contributed by atoms with Gasteiger partial charge < -0.3 is 14.7 Å². The minimum absolute atomic E-state index is 0.0400. The Balaban J connectivity index is 2.14. The van der Waals surface area contributed by atoms with Crippen LogP contribution in [-0.2, 0) is 11.3 Å². The molecule has 0 spiro atoms. The third-order valence-electron chi connectivity index (χ3n) is 2.49. The Morgan fingerprint density at radius 1 is 1.47 bits per heavy atom. The molecule has 0 aliphatic carbocycles. The van der Waals surface area contributed by atoms with E-state index in [2.05, 4.69) is 5.32 Å². The van der Waals surface area contributed by atoms with Crippen molar-refractivity contribution in [1.29, 1.82) is 0 Å². The monoisotopic (exact) mass is 236 g/mol. The number of phenols is 1. The van der Waals surface area contributed by atoms with Gasteiger partial charge in [0.2, 0.25) is 5.91 Å². The first-order valence-electron chi connectivity index (χ1n) is 5.05. The summed E-state index contributed by atoms with van der Waals surface area (Å²) in [4.78, 5) is 23.7. The molecule has 1 heterocycles. The standard InChI is InChI=1S/C11H12N2O4/c1-17-9-4-7(2-3-8(9)14)5-13-6-10(15)12-11(13)16/h2-4,14H,5-6H2,1H3,(H,12,15,16). The molecule has 1 aromatic rings. The topological polar surface area (TPSA) is 78.9 Å². The van der Waals surface area contributed by atoms with Crippen LogP contribution in [0.15, 0.2) is 18.2 Å². The summed E-state index contributed by atoms with van der Waals surface area (Å²) in [6, 6.07) is 4.39. The Kier molecular flexibility index (Phi) is 2.86. The van der Waals surface area contributed by atoms with Crippen molar-refractivity contribution in [2.75, 3.05) is 13.7 Å². The first-order valence-corrected chi connectivity index (χ1v) is 5.05. The molecular weight excluding hydrogens is 224 g/mol. The lowest BCUT2D eigenvalue weighted by atomic mass is 10.2. The van der Waals surface area contributed by atoms with E-state index >= 15 is 0 Å². The van der Waals surface area contributed by atoms with Crippen LogP contribution >= 0.6 is 0 Å². The van der Waals surface area contributed by atoms with Gasteiger partial charge >= 0.3 is 6.03 Å². The number of carbonyl (C=O) groups excluding carboxylic acids is 2. The number of hydrogen-bond donors (Lipinski definition) is 2. The minimum Gasteiger partial charge on any atom is -0.504 e. The van der Waals surface area contributed by atoms with Gasteiger partial charge in [0.05, 0.1) is 7.11 Å². The minimum atomic E-state index is -0.401. The van der Waals surface area contributed by atoms with Crippen molar-refractivity contribution in [3.8, 4) is 11.5 Å². The van der Waals surface area contributed by atoms with Gasteiger partial charge in [-0.25, -0.2) is 4.79 Å². The Morgan fingerprint density at radius 2 is 2.24 bits per heavy atom. The fraction of sp³-hybridized carbons (Fsp3) is 0.273. The number of nitrogens with zero attached hydrogens (tertiary/aromatic N) is 1. The molecule has 1 aromatic carbocycles. The molecule has 0 radical (unpaired) electrons. The van der Waals surface area contributed by atoms with Crippen molar-refractivity contribution in [3.05, 3.63) is 23.8 Å². The number of ether oxygens (including phenoxy) is 1. The number of rotatable bonds is 3. The molecule has 3 amide bonds. The Morgan fingerprint density at radius 3 is 2.82 bits per heavy atom. The molecule has 2 N–H and O–H groups in total. The lowest BCUT2D eigenvalue weighted by Crippen LogP contribution is -2.27. The number of imide groups is 1. The Labute approximate surface area is 97.8 Å². The number of methoxy groups -OCH3 is 1. The predicted octanol–water partition coefficient (Wildman–Crippen LogP) is 0.453. The molecule has 6 nitrogen and oxygen atoms in total. The highest BCUT2D eigenvalue weighted by molar-refractivity contribution is 6.01. The maximum Gasteiger partial charge on any atom is 0.324 e. The summed E-state index contributed by atoms with van der Waals surface area (Å²) in [5, 5.41) is 11.6. The molecule has 0 bridgehead atoms. The summed E-state index contributed by atoms with van der Waals surface area (Å²) < 4.78 is 4.96. The van der Waals surface area contributed by atoms with Gasteiger partial charge in [-0.1, -0.05) is 6.07 Å². The van der Waals surface area contributed by atoms with Crippen LogP contribution in [0.25, 0.3) is 0 Å². The highest BCUT2D eigenvalue weighted by atomic mass is 16.5. The number of phenolic OH excluding ortho intramolecular Hbond substituents is 1. The summed E-state index contributed by atoms with van der Waals surface area (Å²) in [6.07, 6.45) is 0. The molecule has 1 aliphatic heterocycles. The summed E-state index contributed by atoms with van der Waals surface area (Å²) >= 11 is 0. The molecule has 0 saturated carbocycles. The first kappa shape index (κ1) is 11.3. The quantitative estimate of drug-likeness (QED) is 0.747. The summed E-state index contributed by atoms with van der Waals surface area (Å²) in [5.41, 5.74) is 0.782. The molecule has 0 unspecified atom stereocenters. The highest BCUT2D eigenvalue weighted by Crippen LogP contribution is 2.26. The summed E-state index contributed by atoms with van der Waals surface area (Å²) in [7, 11) is 1.45. The lowest BCUT2D eigenvalue weighted by Gasteiger charge is -2.14. The van der Waals surface area contributed by atoms with Crippen LogP contribution in [0.2, 0.25) is 0 Å². The number of urea groups is 1. The van der Waals surface area contributed by atoms with Crippen LogP contribution in [-0.4, -0.2) is 35.6 Å². The van der Waals surface area contributed by atoms with Crippen LogP contribution in [0, 0.1) is 0 Å². The van der Waals surface area contributed by atoms with Gasteiger partial charge in [-0.2, -0.15) is 0 Å². The summed E-state index contributed by atoms with van der Waals surface area (Å²) in [6.45, 7) is 0.357. The van der Waals surface area contributed by atoms with Gasteiger partial charge in [-0.05, 0) is 17.7 Å². The van der Waals surface area contributed by atoms with Gasteiger partial charge in [-0.15, -0.1) is 0 Å². The van der Waals surface area contributed by atoms with E-state index in [4.69, 9.17) is 4.74 Å². The van der Waals surface area contributed by atoms with E-state index in [0.717, 1.165) is 5.56 Å². The van der Waals surface area contributed by atoms with Gasteiger partial charge in [0.1, 0.15) is 6.54 Å². The van der Waals surface area contributed by atoms with Gasteiger partial charge in [0, 0.05) is 6.54 Å². The predicted molar refractivity (Wildman–Crippen MR) is 58.6 cm³/mol. The van der Waals surface area contributed by atoms with Crippen LogP contribution in [0.1, 0.15) is 5.56 Å². The normalized spacial score (nSPS) is 15.0. The Bertz CT molecular complexity index is 473. The van der Waals surface area contributed by atoms with E-state index in [9.17, 15) is 14.7 Å². The maximum absolute atomic E-state index is 11.3. The third kappa shape index (κ3) is 2.30. The molecule has 1 fully saturated rings. The zero-order valence-corrected chi connectivity index (χ0v) is 9.27. The van der Waals surface area contributed by atoms with Crippen molar-refractivity contribution >= 4 is 11.9 Å². The van der Waals surface area contributed by atoms with Crippen LogP contribution in [0.4, 0.5) is 4.79 Å². The molecular formula is C11H12N2O4. The van der Waals surface area contributed by atoms with E-state index in [1.54, 1.807) is 12.1 Å². The number of amides is 3. The number of aromatic hydroxyl groups is 1. The zero-order valence-electron chi connectivity index (χ0n) is 9.27. The van der Waals surface area contributed by atoms with Gasteiger partial charge in [0.15, 0.2) is 11.5 Å². The molecule has 0 aromatic heterocycles. The number of carbonyl (C=O) groups is 2. The van der Waals surface area contributed by atoms with Crippen LogP contribution in [0.5, 0.6) is 11.5 Å². The van der Waals surface area contributed by atoms with E-state index in [1.165, 1.54) is 18.1 Å². The molecule has 6 heteroatoms. The zero-order chi connectivity index (χ0) is 12.4. The average molecular weight is 236 g/mol. The molecule has 1 aliphatic rings. The smallest absolute Gasteiger partial charge is 0.324 e. The van der Waals surface area contributed by atoms with Gasteiger partial charge in [0.25, 0.3) is 0 Å². The second-order valence-corrected chi connectivity index (χ2v) is 3.72. The van der Waals surface area contributed by atoms with Crippen molar-refractivity contribution in [1.82, 2.24) is 10.2 Å². The third-order valence-corrected chi connectivity index (χ3v) is 2.49. The average Bonchev–Trinajstić information content (AvgIpc) is 2.60. The van der Waals surface area contributed by atoms with E-state index in [0.29, 0.717) is 12.3 Å². The van der Waals surface area contributed by atoms with Crippen LogP contribution in [0.3, 0.4) is 0 Å². The van der Waals surface area contributed by atoms with Crippen LogP contribution < -0.4 is 10.1 Å². The van der Waals surface area contributed by atoms with E-state index < -0.39 is 6.03 Å². The van der Waals surface area contributed by atoms with Crippen molar-refractivity contribution in [2.45, 2.75) is 6.54 Å². The fourth-order valence-electron chi connectivity index (χ4n) is 1.65. The molecule has 17 heavy (non-hydrogen) atoms. The van der Waals surface area contributed by atoms with E-state index in [-0.39, 0.29) is 18.2 Å². The largest absolute Gasteiger partial charge is 0.504 e. The lowest BCUT2D eigenvalue weighted by molar-refractivity contribution is -0.118. The number of benzene rings is 1. The van der Waals surface area contributed by atoms with Gasteiger partial charge in [-0.3, -0.25) is 10.1 Å². The molecule has 2 rings (SSSR count). The highest BCUT2D eigenvalue weighted by Gasteiger charge is 2.26.